The summed E-state index contributed by atoms with van der Waals surface area (Å²) in [7, 11) is 0. The van der Waals surface area contributed by atoms with Gasteiger partial charge >= 0.3 is 0 Å². The van der Waals surface area contributed by atoms with Gasteiger partial charge in [-0.1, -0.05) is 6.07 Å². The summed E-state index contributed by atoms with van der Waals surface area (Å²) in [5, 5.41) is 6.31. The van der Waals surface area contributed by atoms with Gasteiger partial charge in [-0.25, -0.2) is 9.38 Å². The van der Waals surface area contributed by atoms with Crippen LogP contribution in [-0.2, 0) is 11.3 Å². The molecule has 0 aromatic heterocycles. The van der Waals surface area contributed by atoms with Crippen LogP contribution in [0.1, 0.15) is 26.3 Å². The second kappa shape index (κ2) is 10.8. The molecule has 0 amide bonds. The molecule has 6 heteroatoms. The molecule has 0 unspecified atom stereocenters. The Morgan fingerprint density at radius 2 is 2.00 bits per heavy atom. The predicted molar refractivity (Wildman–Crippen MR) is 86.9 cm³/mol. The molecule has 0 radical (unpaired) electrons. The van der Waals surface area contributed by atoms with Crippen LogP contribution >= 0.6 is 0 Å². The van der Waals surface area contributed by atoms with Crippen LogP contribution < -0.4 is 15.4 Å². The summed E-state index contributed by atoms with van der Waals surface area (Å²) in [5.74, 6) is 0.609. The van der Waals surface area contributed by atoms with Crippen molar-refractivity contribution in [2.24, 2.45) is 4.99 Å². The number of halogens is 1. The highest BCUT2D eigenvalue weighted by Crippen LogP contribution is 2.18. The third kappa shape index (κ3) is 6.76. The standard InChI is InChI=1S/C16H26FN3O2/c1-4-18-16(19-9-10-21-5-2)20-12-13-7-8-15(22-6-3)14(17)11-13/h7-8,11H,4-6,9-10,12H2,1-3H3,(H2,18,19,20). The van der Waals surface area contributed by atoms with E-state index >= 15 is 0 Å². The molecule has 0 aliphatic carbocycles. The first-order valence-corrected chi connectivity index (χ1v) is 7.72. The van der Waals surface area contributed by atoms with Crippen LogP contribution in [0, 0.1) is 5.82 Å². The molecular weight excluding hydrogens is 285 g/mol. The van der Waals surface area contributed by atoms with Crippen LogP contribution in [0.2, 0.25) is 0 Å². The number of aliphatic imine (C=N–C) groups is 1. The van der Waals surface area contributed by atoms with E-state index < -0.39 is 0 Å². The zero-order valence-electron chi connectivity index (χ0n) is 13.6. The summed E-state index contributed by atoms with van der Waals surface area (Å²) >= 11 is 0. The van der Waals surface area contributed by atoms with Crippen molar-refractivity contribution >= 4 is 5.96 Å². The quantitative estimate of drug-likeness (QED) is 0.417. The van der Waals surface area contributed by atoms with Crippen molar-refractivity contribution in [2.45, 2.75) is 27.3 Å². The number of guanidine groups is 1. The van der Waals surface area contributed by atoms with E-state index in [1.807, 2.05) is 26.8 Å². The molecule has 2 N–H and O–H groups in total. The summed E-state index contributed by atoms with van der Waals surface area (Å²) in [6.45, 7) is 9.38. The minimum atomic E-state index is -0.358. The maximum Gasteiger partial charge on any atom is 0.191 e. The number of hydrogen-bond acceptors (Lipinski definition) is 3. The van der Waals surface area contributed by atoms with Gasteiger partial charge in [0, 0.05) is 19.7 Å². The molecule has 1 rings (SSSR count). The number of hydrogen-bond donors (Lipinski definition) is 2. The van der Waals surface area contributed by atoms with E-state index in [1.54, 1.807) is 6.07 Å². The molecule has 1 aromatic rings. The van der Waals surface area contributed by atoms with Gasteiger partial charge in [-0.2, -0.15) is 0 Å². The van der Waals surface area contributed by atoms with E-state index in [9.17, 15) is 4.39 Å². The van der Waals surface area contributed by atoms with E-state index in [-0.39, 0.29) is 11.6 Å². The molecule has 124 valence electrons. The van der Waals surface area contributed by atoms with Crippen molar-refractivity contribution in [3.05, 3.63) is 29.6 Å². The minimum Gasteiger partial charge on any atom is -0.491 e. The summed E-state index contributed by atoms with van der Waals surface area (Å²) in [6, 6.07) is 4.92. The largest absolute Gasteiger partial charge is 0.491 e. The highest BCUT2D eigenvalue weighted by Gasteiger charge is 2.04. The predicted octanol–water partition coefficient (Wildman–Crippen LogP) is 2.32. The molecule has 0 saturated heterocycles. The lowest BCUT2D eigenvalue weighted by atomic mass is 10.2. The summed E-state index contributed by atoms with van der Waals surface area (Å²) in [5.41, 5.74) is 0.794. The van der Waals surface area contributed by atoms with Crippen molar-refractivity contribution in [1.29, 1.82) is 0 Å². The van der Waals surface area contributed by atoms with Gasteiger partial charge < -0.3 is 20.1 Å². The molecule has 0 bridgehead atoms. The number of nitrogens with zero attached hydrogens (tertiary/aromatic N) is 1. The highest BCUT2D eigenvalue weighted by molar-refractivity contribution is 5.79. The Kier molecular flexibility index (Phi) is 8.98. The van der Waals surface area contributed by atoms with Crippen molar-refractivity contribution in [3.63, 3.8) is 0 Å². The average molecular weight is 311 g/mol. The smallest absolute Gasteiger partial charge is 0.191 e. The van der Waals surface area contributed by atoms with Crippen LogP contribution in [0.4, 0.5) is 4.39 Å². The first-order chi connectivity index (χ1) is 10.7. The molecule has 0 heterocycles. The second-order valence-electron chi connectivity index (χ2n) is 4.52. The van der Waals surface area contributed by atoms with E-state index in [2.05, 4.69) is 15.6 Å². The molecule has 0 aliphatic heterocycles. The summed E-state index contributed by atoms with van der Waals surface area (Å²) < 4.78 is 24.2. The zero-order valence-corrected chi connectivity index (χ0v) is 13.6. The SMILES string of the molecule is CCNC(=NCc1ccc(OCC)c(F)c1)NCCOCC. The lowest BCUT2D eigenvalue weighted by molar-refractivity contribution is 0.152. The Hall–Kier alpha value is -1.82. The number of ether oxygens (including phenoxy) is 2. The van der Waals surface area contributed by atoms with Crippen molar-refractivity contribution < 1.29 is 13.9 Å². The Morgan fingerprint density at radius 3 is 2.64 bits per heavy atom. The molecule has 0 saturated carbocycles. The van der Waals surface area contributed by atoms with Gasteiger partial charge in [-0.3, -0.25) is 0 Å². The van der Waals surface area contributed by atoms with Gasteiger partial charge in [-0.05, 0) is 38.5 Å². The maximum absolute atomic E-state index is 13.8. The first kappa shape index (κ1) is 18.2. The Bertz CT molecular complexity index is 467. The van der Waals surface area contributed by atoms with E-state index in [0.29, 0.717) is 38.9 Å². The minimum absolute atomic E-state index is 0.275. The lowest BCUT2D eigenvalue weighted by Gasteiger charge is -2.11. The average Bonchev–Trinajstić information content (AvgIpc) is 2.51. The van der Waals surface area contributed by atoms with Crippen LogP contribution in [-0.4, -0.2) is 38.9 Å². The molecule has 0 fully saturated rings. The third-order valence-corrected chi connectivity index (χ3v) is 2.80. The van der Waals surface area contributed by atoms with Crippen molar-refractivity contribution in [3.8, 4) is 5.75 Å². The van der Waals surface area contributed by atoms with Crippen molar-refractivity contribution in [2.75, 3.05) is 32.9 Å². The maximum atomic E-state index is 13.8. The topological polar surface area (TPSA) is 54.9 Å². The summed E-state index contributed by atoms with van der Waals surface area (Å²) in [6.07, 6.45) is 0. The van der Waals surface area contributed by atoms with Crippen LogP contribution in [0.25, 0.3) is 0 Å². The number of rotatable bonds is 9. The van der Waals surface area contributed by atoms with Gasteiger partial charge in [0.05, 0.1) is 19.8 Å². The van der Waals surface area contributed by atoms with Crippen molar-refractivity contribution in [1.82, 2.24) is 10.6 Å². The molecule has 22 heavy (non-hydrogen) atoms. The first-order valence-electron chi connectivity index (χ1n) is 7.72. The second-order valence-corrected chi connectivity index (χ2v) is 4.52. The Balaban J connectivity index is 2.59. The molecular formula is C16H26FN3O2. The highest BCUT2D eigenvalue weighted by atomic mass is 19.1. The molecule has 5 nitrogen and oxygen atoms in total. The van der Waals surface area contributed by atoms with Gasteiger partial charge in [-0.15, -0.1) is 0 Å². The van der Waals surface area contributed by atoms with Crippen LogP contribution in [0.15, 0.2) is 23.2 Å². The lowest BCUT2D eigenvalue weighted by Crippen LogP contribution is -2.39. The van der Waals surface area contributed by atoms with E-state index in [0.717, 1.165) is 12.1 Å². The zero-order chi connectivity index (χ0) is 16.2. The Morgan fingerprint density at radius 1 is 1.18 bits per heavy atom. The van der Waals surface area contributed by atoms with E-state index in [1.165, 1.54) is 6.07 Å². The monoisotopic (exact) mass is 311 g/mol. The van der Waals surface area contributed by atoms with E-state index in [4.69, 9.17) is 9.47 Å². The molecule has 0 aliphatic rings. The summed E-state index contributed by atoms with van der Waals surface area (Å²) in [4.78, 5) is 4.43. The molecule has 0 atom stereocenters. The van der Waals surface area contributed by atoms with Gasteiger partial charge in [0.2, 0.25) is 0 Å². The fourth-order valence-corrected chi connectivity index (χ4v) is 1.81. The normalized spacial score (nSPS) is 11.4. The number of nitrogens with one attached hydrogen (secondary N) is 2. The van der Waals surface area contributed by atoms with Crippen LogP contribution in [0.5, 0.6) is 5.75 Å². The van der Waals surface area contributed by atoms with Gasteiger partial charge in [0.1, 0.15) is 0 Å². The fourth-order valence-electron chi connectivity index (χ4n) is 1.81. The third-order valence-electron chi connectivity index (χ3n) is 2.80. The van der Waals surface area contributed by atoms with Gasteiger partial charge in [0.15, 0.2) is 17.5 Å². The Labute approximate surface area is 131 Å². The van der Waals surface area contributed by atoms with Crippen LogP contribution in [0.3, 0.4) is 0 Å². The molecule has 1 aromatic carbocycles. The van der Waals surface area contributed by atoms with Gasteiger partial charge in [0.25, 0.3) is 0 Å². The number of benzene rings is 1. The molecule has 0 spiro atoms. The fraction of sp³-hybridized carbons (Fsp3) is 0.562.